The van der Waals surface area contributed by atoms with Crippen LogP contribution in [0.1, 0.15) is 24.3 Å². The number of alkyl halides is 3. The van der Waals surface area contributed by atoms with Gasteiger partial charge in [-0.25, -0.2) is 0 Å². The average molecular weight is 380 g/mol. The standard InChI is InChI=1S/C18H19F3N4O2/c19-18(20,21)14-3-1-2-13(10-14)16-22-15(27-23-16)11-24-6-8-25(9-7-24)17(26)12-4-5-12/h1-3,10,12H,4-9,11H2. The molecular formula is C18H19F3N4O2. The molecule has 1 amide bonds. The van der Waals surface area contributed by atoms with Gasteiger partial charge in [-0.05, 0) is 25.0 Å². The van der Waals surface area contributed by atoms with E-state index in [9.17, 15) is 18.0 Å². The Labute approximate surface area is 153 Å². The maximum Gasteiger partial charge on any atom is 0.416 e. The summed E-state index contributed by atoms with van der Waals surface area (Å²) in [5, 5.41) is 3.81. The molecule has 6 nitrogen and oxygen atoms in total. The van der Waals surface area contributed by atoms with Crippen molar-refractivity contribution in [3.63, 3.8) is 0 Å². The Bertz CT molecular complexity index is 824. The van der Waals surface area contributed by atoms with Gasteiger partial charge in [0.15, 0.2) is 0 Å². The summed E-state index contributed by atoms with van der Waals surface area (Å²) in [6, 6.07) is 4.86. The molecule has 0 atom stereocenters. The zero-order valence-corrected chi connectivity index (χ0v) is 14.6. The molecule has 0 bridgehead atoms. The summed E-state index contributed by atoms with van der Waals surface area (Å²) in [7, 11) is 0. The van der Waals surface area contributed by atoms with Crippen LogP contribution in [0.5, 0.6) is 0 Å². The summed E-state index contributed by atoms with van der Waals surface area (Å²) in [6.45, 7) is 3.17. The molecule has 0 spiro atoms. The van der Waals surface area contributed by atoms with Crippen LogP contribution in [0.15, 0.2) is 28.8 Å². The molecule has 27 heavy (non-hydrogen) atoms. The summed E-state index contributed by atoms with van der Waals surface area (Å²) >= 11 is 0. The predicted molar refractivity (Wildman–Crippen MR) is 89.3 cm³/mol. The number of hydrogen-bond acceptors (Lipinski definition) is 5. The lowest BCUT2D eigenvalue weighted by Crippen LogP contribution is -2.48. The van der Waals surface area contributed by atoms with Crippen molar-refractivity contribution in [2.24, 2.45) is 5.92 Å². The highest BCUT2D eigenvalue weighted by atomic mass is 19.4. The number of halogens is 3. The lowest BCUT2D eigenvalue weighted by atomic mass is 10.1. The van der Waals surface area contributed by atoms with E-state index in [-0.39, 0.29) is 23.2 Å². The van der Waals surface area contributed by atoms with Gasteiger partial charge < -0.3 is 9.42 Å². The first kappa shape index (κ1) is 18.0. The molecule has 0 N–H and O–H groups in total. The van der Waals surface area contributed by atoms with Gasteiger partial charge in [0.1, 0.15) is 0 Å². The van der Waals surface area contributed by atoms with E-state index in [1.807, 2.05) is 4.90 Å². The van der Waals surface area contributed by atoms with E-state index in [1.165, 1.54) is 12.1 Å². The molecule has 4 rings (SSSR count). The van der Waals surface area contributed by atoms with Crippen LogP contribution in [0.25, 0.3) is 11.4 Å². The van der Waals surface area contributed by atoms with Gasteiger partial charge in [0.25, 0.3) is 0 Å². The normalized spacial score (nSPS) is 18.7. The topological polar surface area (TPSA) is 62.5 Å². The molecule has 2 aliphatic rings. The van der Waals surface area contributed by atoms with Crippen LogP contribution in [0.2, 0.25) is 0 Å². The van der Waals surface area contributed by atoms with Crippen molar-refractivity contribution < 1.29 is 22.5 Å². The van der Waals surface area contributed by atoms with Crippen LogP contribution in [0.4, 0.5) is 13.2 Å². The lowest BCUT2D eigenvalue weighted by Gasteiger charge is -2.34. The minimum atomic E-state index is -4.42. The van der Waals surface area contributed by atoms with E-state index in [2.05, 4.69) is 15.0 Å². The maximum absolute atomic E-state index is 12.8. The van der Waals surface area contributed by atoms with Crippen molar-refractivity contribution in [1.29, 1.82) is 0 Å². The third kappa shape index (κ3) is 4.13. The third-order valence-corrected chi connectivity index (χ3v) is 4.89. The number of carbonyl (C=O) groups is 1. The molecule has 1 aliphatic heterocycles. The third-order valence-electron chi connectivity index (χ3n) is 4.89. The van der Waals surface area contributed by atoms with Crippen LogP contribution in [-0.4, -0.2) is 52.0 Å². The highest BCUT2D eigenvalue weighted by Crippen LogP contribution is 2.32. The monoisotopic (exact) mass is 380 g/mol. The van der Waals surface area contributed by atoms with Crippen LogP contribution in [0, 0.1) is 5.92 Å². The van der Waals surface area contributed by atoms with E-state index in [1.54, 1.807) is 0 Å². The quantitative estimate of drug-likeness (QED) is 0.816. The maximum atomic E-state index is 12.8. The van der Waals surface area contributed by atoms with Gasteiger partial charge in [-0.15, -0.1) is 0 Å². The zero-order valence-electron chi connectivity index (χ0n) is 14.6. The summed E-state index contributed by atoms with van der Waals surface area (Å²) in [6.07, 6.45) is -2.42. The fraction of sp³-hybridized carbons (Fsp3) is 0.500. The Kier molecular flexibility index (Phi) is 4.63. The summed E-state index contributed by atoms with van der Waals surface area (Å²) in [4.78, 5) is 20.3. The number of nitrogens with zero attached hydrogens (tertiary/aromatic N) is 4. The Morgan fingerprint density at radius 1 is 1.19 bits per heavy atom. The molecule has 1 aromatic heterocycles. The Morgan fingerprint density at radius 2 is 1.93 bits per heavy atom. The van der Waals surface area contributed by atoms with Gasteiger partial charge >= 0.3 is 6.18 Å². The number of aromatic nitrogens is 2. The fourth-order valence-electron chi connectivity index (χ4n) is 3.18. The Morgan fingerprint density at radius 3 is 2.59 bits per heavy atom. The first-order valence-corrected chi connectivity index (χ1v) is 8.91. The molecule has 1 aliphatic carbocycles. The molecule has 2 aromatic rings. The van der Waals surface area contributed by atoms with Crippen molar-refractivity contribution in [1.82, 2.24) is 19.9 Å². The van der Waals surface area contributed by atoms with Gasteiger partial charge in [-0.2, -0.15) is 18.2 Å². The molecule has 144 valence electrons. The van der Waals surface area contributed by atoms with Gasteiger partial charge in [-0.3, -0.25) is 9.69 Å². The van der Waals surface area contributed by atoms with E-state index < -0.39 is 11.7 Å². The minimum absolute atomic E-state index is 0.138. The largest absolute Gasteiger partial charge is 0.416 e. The predicted octanol–water partition coefficient (Wildman–Crippen LogP) is 2.81. The van der Waals surface area contributed by atoms with Crippen molar-refractivity contribution in [2.45, 2.75) is 25.6 Å². The van der Waals surface area contributed by atoms with Crippen molar-refractivity contribution in [3.8, 4) is 11.4 Å². The Hall–Kier alpha value is -2.42. The highest BCUT2D eigenvalue weighted by molar-refractivity contribution is 5.81. The Balaban J connectivity index is 1.37. The first-order valence-electron chi connectivity index (χ1n) is 8.91. The van der Waals surface area contributed by atoms with Gasteiger partial charge in [0.2, 0.25) is 17.6 Å². The number of amides is 1. The average Bonchev–Trinajstić information content (AvgIpc) is 3.40. The molecule has 9 heteroatoms. The number of carbonyl (C=O) groups excluding carboxylic acids is 1. The number of benzene rings is 1. The van der Waals surface area contributed by atoms with Crippen molar-refractivity contribution in [2.75, 3.05) is 26.2 Å². The second kappa shape index (κ2) is 6.95. The molecule has 0 unspecified atom stereocenters. The van der Waals surface area contributed by atoms with Crippen LogP contribution >= 0.6 is 0 Å². The second-order valence-corrected chi connectivity index (χ2v) is 6.97. The van der Waals surface area contributed by atoms with Crippen LogP contribution in [0.3, 0.4) is 0 Å². The second-order valence-electron chi connectivity index (χ2n) is 6.97. The molecule has 1 saturated heterocycles. The smallest absolute Gasteiger partial charge is 0.340 e. The zero-order chi connectivity index (χ0) is 19.0. The van der Waals surface area contributed by atoms with Crippen molar-refractivity contribution in [3.05, 3.63) is 35.7 Å². The SMILES string of the molecule is O=C(C1CC1)N1CCN(Cc2nc(-c3cccc(C(F)(F)F)c3)no2)CC1. The van der Waals surface area contributed by atoms with Gasteiger partial charge in [-0.1, -0.05) is 17.3 Å². The molecule has 2 fully saturated rings. The molecule has 1 aromatic carbocycles. The molecule has 0 radical (unpaired) electrons. The molecule has 2 heterocycles. The van der Waals surface area contributed by atoms with E-state index in [0.717, 1.165) is 25.0 Å². The van der Waals surface area contributed by atoms with E-state index in [4.69, 9.17) is 4.52 Å². The fourth-order valence-corrected chi connectivity index (χ4v) is 3.18. The summed E-state index contributed by atoms with van der Waals surface area (Å²) in [5.41, 5.74) is -0.484. The molecular weight excluding hydrogens is 361 g/mol. The first-order chi connectivity index (χ1) is 12.9. The van der Waals surface area contributed by atoms with Crippen molar-refractivity contribution >= 4 is 5.91 Å². The summed E-state index contributed by atoms with van der Waals surface area (Å²) in [5.74, 6) is 0.963. The number of hydrogen-bond donors (Lipinski definition) is 0. The van der Waals surface area contributed by atoms with Gasteiger partial charge in [0, 0.05) is 37.7 Å². The minimum Gasteiger partial charge on any atom is -0.340 e. The van der Waals surface area contributed by atoms with Gasteiger partial charge in [0.05, 0.1) is 12.1 Å². The van der Waals surface area contributed by atoms with Crippen LogP contribution < -0.4 is 0 Å². The number of rotatable bonds is 4. The van der Waals surface area contributed by atoms with Crippen LogP contribution in [-0.2, 0) is 17.5 Å². The number of piperazine rings is 1. The van der Waals surface area contributed by atoms with E-state index in [0.29, 0.717) is 38.6 Å². The lowest BCUT2D eigenvalue weighted by molar-refractivity contribution is -0.137. The van der Waals surface area contributed by atoms with E-state index >= 15 is 0 Å². The highest BCUT2D eigenvalue weighted by Gasteiger charge is 2.35. The molecule has 1 saturated carbocycles. The summed E-state index contributed by atoms with van der Waals surface area (Å²) < 4.78 is 43.7.